The molecule has 0 saturated heterocycles. The minimum Gasteiger partial charge on any atom is -0.361 e. The monoisotopic (exact) mass is 283 g/mol. The summed E-state index contributed by atoms with van der Waals surface area (Å²) in [6.07, 6.45) is 4.01. The van der Waals surface area contributed by atoms with Crippen LogP contribution in [0.2, 0.25) is 0 Å². The Morgan fingerprint density at radius 3 is 3.00 bits per heavy atom. The van der Waals surface area contributed by atoms with E-state index in [0.29, 0.717) is 12.2 Å². The first-order valence-corrected chi connectivity index (χ1v) is 6.74. The Morgan fingerprint density at radius 2 is 2.24 bits per heavy atom. The maximum atomic E-state index is 12.1. The van der Waals surface area contributed by atoms with E-state index in [2.05, 4.69) is 15.4 Å². The summed E-state index contributed by atoms with van der Waals surface area (Å²) in [6, 6.07) is 9.08. The van der Waals surface area contributed by atoms with E-state index < -0.39 is 6.04 Å². The Morgan fingerprint density at radius 1 is 1.43 bits per heavy atom. The third kappa shape index (κ3) is 2.66. The Labute approximate surface area is 121 Å². The van der Waals surface area contributed by atoms with E-state index in [0.717, 1.165) is 16.5 Å². The molecule has 0 aliphatic carbocycles. The third-order valence-electron chi connectivity index (χ3n) is 3.52. The van der Waals surface area contributed by atoms with Crippen molar-refractivity contribution in [2.75, 3.05) is 5.32 Å². The molecule has 21 heavy (non-hydrogen) atoms. The predicted molar refractivity (Wildman–Crippen MR) is 81.8 cm³/mol. The van der Waals surface area contributed by atoms with Gasteiger partial charge in [-0.15, -0.1) is 0 Å². The van der Waals surface area contributed by atoms with Crippen LogP contribution in [0.4, 0.5) is 5.82 Å². The number of aromatic amines is 1. The lowest BCUT2D eigenvalue weighted by molar-refractivity contribution is -0.117. The van der Waals surface area contributed by atoms with Crippen LogP contribution in [0, 0.1) is 0 Å². The molecule has 0 saturated carbocycles. The maximum absolute atomic E-state index is 12.1. The summed E-state index contributed by atoms with van der Waals surface area (Å²) in [5, 5.41) is 7.88. The maximum Gasteiger partial charge on any atom is 0.242 e. The van der Waals surface area contributed by atoms with Gasteiger partial charge in [0.15, 0.2) is 0 Å². The molecule has 4 N–H and O–H groups in total. The van der Waals surface area contributed by atoms with Gasteiger partial charge in [0.05, 0.1) is 12.2 Å². The summed E-state index contributed by atoms with van der Waals surface area (Å²) < 4.78 is 1.59. The average molecular weight is 283 g/mol. The van der Waals surface area contributed by atoms with Gasteiger partial charge in [-0.25, -0.2) is 0 Å². The molecule has 1 atom stereocenters. The van der Waals surface area contributed by atoms with Crippen molar-refractivity contribution in [1.82, 2.24) is 14.8 Å². The highest BCUT2D eigenvalue weighted by Crippen LogP contribution is 2.19. The lowest BCUT2D eigenvalue weighted by Gasteiger charge is -2.11. The van der Waals surface area contributed by atoms with Crippen LogP contribution >= 0.6 is 0 Å². The molecule has 0 aliphatic rings. The number of nitrogens with zero attached hydrogens (tertiary/aromatic N) is 2. The number of fused-ring (bicyclic) bond motifs is 1. The van der Waals surface area contributed by atoms with E-state index in [-0.39, 0.29) is 5.91 Å². The largest absolute Gasteiger partial charge is 0.361 e. The van der Waals surface area contributed by atoms with Gasteiger partial charge in [-0.3, -0.25) is 9.48 Å². The van der Waals surface area contributed by atoms with Gasteiger partial charge >= 0.3 is 0 Å². The lowest BCUT2D eigenvalue weighted by atomic mass is 10.1. The first-order chi connectivity index (χ1) is 10.1. The molecular formula is C15H17N5O. The number of para-hydroxylation sites is 1. The van der Waals surface area contributed by atoms with Gasteiger partial charge in [-0.05, 0) is 18.1 Å². The van der Waals surface area contributed by atoms with Crippen molar-refractivity contribution >= 4 is 22.6 Å². The zero-order valence-corrected chi connectivity index (χ0v) is 11.7. The molecule has 6 heteroatoms. The second-order valence-electron chi connectivity index (χ2n) is 5.00. The van der Waals surface area contributed by atoms with Crippen molar-refractivity contribution in [3.8, 4) is 0 Å². The first-order valence-electron chi connectivity index (χ1n) is 6.74. The standard InChI is InChI=1S/C15H17N5O/c1-20-14(6-7-18-20)19-15(21)12(16)8-10-9-17-13-5-3-2-4-11(10)13/h2-7,9,12,17H,8,16H2,1H3,(H,19,21). The SMILES string of the molecule is Cn1nccc1NC(=O)C(N)Cc1c[nH]c2ccccc12. The van der Waals surface area contributed by atoms with Crippen LogP contribution in [-0.4, -0.2) is 26.7 Å². The van der Waals surface area contributed by atoms with Crippen molar-refractivity contribution < 1.29 is 4.79 Å². The van der Waals surface area contributed by atoms with Crippen LogP contribution in [0.5, 0.6) is 0 Å². The number of aromatic nitrogens is 3. The fourth-order valence-corrected chi connectivity index (χ4v) is 2.35. The van der Waals surface area contributed by atoms with E-state index >= 15 is 0 Å². The molecule has 108 valence electrons. The Kier molecular flexibility index (Phi) is 3.45. The number of H-pyrrole nitrogens is 1. The topological polar surface area (TPSA) is 88.7 Å². The number of anilines is 1. The summed E-state index contributed by atoms with van der Waals surface area (Å²) in [5.41, 5.74) is 8.10. The minimum absolute atomic E-state index is 0.219. The zero-order valence-electron chi connectivity index (χ0n) is 11.7. The molecule has 2 heterocycles. The number of hydrogen-bond acceptors (Lipinski definition) is 3. The van der Waals surface area contributed by atoms with Crippen LogP contribution < -0.4 is 11.1 Å². The fourth-order valence-electron chi connectivity index (χ4n) is 2.35. The molecule has 2 aromatic heterocycles. The van der Waals surface area contributed by atoms with Crippen molar-refractivity contribution in [2.24, 2.45) is 12.8 Å². The van der Waals surface area contributed by atoms with E-state index in [1.165, 1.54) is 0 Å². The Balaban J connectivity index is 1.72. The van der Waals surface area contributed by atoms with E-state index in [9.17, 15) is 4.79 Å². The molecule has 3 rings (SSSR count). The number of aryl methyl sites for hydroxylation is 1. The fraction of sp³-hybridized carbons (Fsp3) is 0.200. The normalized spacial score (nSPS) is 12.5. The predicted octanol–water partition coefficient (Wildman–Crippen LogP) is 1.41. The van der Waals surface area contributed by atoms with Crippen molar-refractivity contribution in [1.29, 1.82) is 0 Å². The summed E-state index contributed by atoms with van der Waals surface area (Å²) in [4.78, 5) is 15.3. The number of nitrogens with one attached hydrogen (secondary N) is 2. The number of nitrogens with two attached hydrogens (primary N) is 1. The van der Waals surface area contributed by atoms with Crippen LogP contribution in [0.1, 0.15) is 5.56 Å². The van der Waals surface area contributed by atoms with Crippen LogP contribution in [0.25, 0.3) is 10.9 Å². The average Bonchev–Trinajstić information content (AvgIpc) is 3.07. The first kappa shape index (κ1) is 13.4. The second-order valence-corrected chi connectivity index (χ2v) is 5.00. The van der Waals surface area contributed by atoms with Crippen LogP contribution in [0.15, 0.2) is 42.7 Å². The number of amides is 1. The number of carbonyl (C=O) groups excluding carboxylic acids is 1. The van der Waals surface area contributed by atoms with Gasteiger partial charge in [0.2, 0.25) is 5.91 Å². The van der Waals surface area contributed by atoms with Gasteiger partial charge in [0, 0.05) is 30.2 Å². The molecule has 0 aliphatic heterocycles. The molecule has 0 spiro atoms. The summed E-state index contributed by atoms with van der Waals surface area (Å²) >= 11 is 0. The molecule has 1 amide bonds. The van der Waals surface area contributed by atoms with Gasteiger partial charge in [0.25, 0.3) is 0 Å². The van der Waals surface area contributed by atoms with Gasteiger partial charge in [-0.1, -0.05) is 18.2 Å². The van der Waals surface area contributed by atoms with Crippen LogP contribution in [0.3, 0.4) is 0 Å². The van der Waals surface area contributed by atoms with Crippen molar-refractivity contribution in [3.63, 3.8) is 0 Å². The molecule has 0 fully saturated rings. The molecular weight excluding hydrogens is 266 g/mol. The summed E-state index contributed by atoms with van der Waals surface area (Å²) in [6.45, 7) is 0. The zero-order chi connectivity index (χ0) is 14.8. The van der Waals surface area contributed by atoms with Crippen molar-refractivity contribution in [2.45, 2.75) is 12.5 Å². The number of rotatable bonds is 4. The Hall–Kier alpha value is -2.60. The molecule has 3 aromatic rings. The second kappa shape index (κ2) is 5.41. The van der Waals surface area contributed by atoms with Gasteiger partial charge in [-0.2, -0.15) is 5.10 Å². The molecule has 1 unspecified atom stereocenters. The van der Waals surface area contributed by atoms with E-state index in [1.807, 2.05) is 30.5 Å². The molecule has 6 nitrogen and oxygen atoms in total. The lowest BCUT2D eigenvalue weighted by Crippen LogP contribution is -2.37. The summed E-state index contributed by atoms with van der Waals surface area (Å²) in [5.74, 6) is 0.415. The highest BCUT2D eigenvalue weighted by atomic mass is 16.2. The van der Waals surface area contributed by atoms with Crippen molar-refractivity contribution in [3.05, 3.63) is 48.3 Å². The highest BCUT2D eigenvalue weighted by Gasteiger charge is 2.17. The molecule has 0 radical (unpaired) electrons. The Bertz CT molecular complexity index is 773. The van der Waals surface area contributed by atoms with E-state index in [4.69, 9.17) is 5.73 Å². The minimum atomic E-state index is -0.612. The quantitative estimate of drug-likeness (QED) is 0.676. The number of carbonyl (C=O) groups is 1. The van der Waals surface area contributed by atoms with E-state index in [1.54, 1.807) is 24.0 Å². The number of benzene rings is 1. The molecule has 0 bridgehead atoms. The van der Waals surface area contributed by atoms with Crippen LogP contribution in [-0.2, 0) is 18.3 Å². The highest BCUT2D eigenvalue weighted by molar-refractivity contribution is 5.94. The smallest absolute Gasteiger partial charge is 0.242 e. The molecule has 1 aromatic carbocycles. The third-order valence-corrected chi connectivity index (χ3v) is 3.52. The van der Waals surface area contributed by atoms with Gasteiger partial charge < -0.3 is 16.0 Å². The number of hydrogen-bond donors (Lipinski definition) is 3. The van der Waals surface area contributed by atoms with Gasteiger partial charge in [0.1, 0.15) is 5.82 Å². The summed E-state index contributed by atoms with van der Waals surface area (Å²) in [7, 11) is 1.76.